The third-order valence-electron chi connectivity index (χ3n) is 2.47. The first-order chi connectivity index (χ1) is 7.73. The van der Waals surface area contributed by atoms with E-state index in [0.717, 1.165) is 18.4 Å². The molecule has 0 amide bonds. The molecule has 1 unspecified atom stereocenters. The van der Waals surface area contributed by atoms with Crippen molar-refractivity contribution in [2.24, 2.45) is 0 Å². The smallest absolute Gasteiger partial charge is 0.152 e. The fourth-order valence-electron chi connectivity index (χ4n) is 1.56. The molecule has 0 spiro atoms. The second kappa shape index (κ2) is 5.95. The molecule has 0 aliphatic rings. The first-order valence-electron chi connectivity index (χ1n) is 5.42. The van der Waals surface area contributed by atoms with Crippen LogP contribution in [0.5, 0.6) is 0 Å². The molecule has 0 heterocycles. The van der Waals surface area contributed by atoms with Crippen LogP contribution in [0.1, 0.15) is 31.7 Å². The van der Waals surface area contributed by atoms with Crippen molar-refractivity contribution in [3.8, 4) is 17.9 Å². The maximum atomic E-state index is 10.4. The second-order valence-electron chi connectivity index (χ2n) is 3.69. The zero-order chi connectivity index (χ0) is 11.9. The first-order valence-corrected chi connectivity index (χ1v) is 5.42. The Morgan fingerprint density at radius 2 is 2.00 bits per heavy atom. The third-order valence-corrected chi connectivity index (χ3v) is 2.47. The molecule has 1 aromatic rings. The number of hydrogen-bond acceptors (Lipinski definition) is 2. The summed E-state index contributed by atoms with van der Waals surface area (Å²) in [5, 5.41) is 18.9. The van der Waals surface area contributed by atoms with Gasteiger partial charge in [-0.25, -0.2) is 0 Å². The van der Waals surface area contributed by atoms with Crippen molar-refractivity contribution in [3.05, 3.63) is 35.9 Å². The molecule has 0 aliphatic heterocycles. The molecule has 0 radical (unpaired) electrons. The Hall–Kier alpha value is -1.77. The van der Waals surface area contributed by atoms with Gasteiger partial charge in [0.15, 0.2) is 11.7 Å². The molecular weight excluding hydrogens is 198 g/mol. The van der Waals surface area contributed by atoms with Crippen LogP contribution in [0, 0.1) is 23.2 Å². The molecule has 1 atom stereocenters. The van der Waals surface area contributed by atoms with Crippen molar-refractivity contribution in [1.29, 1.82) is 5.26 Å². The number of benzene rings is 1. The standard InChI is InChI=1S/C14H15NO/c1-2-3-10-14(16,11-7-12-15)13-8-5-4-6-9-13/h4-6,8-9,16H,2-3,10H2,1H3. The molecule has 0 bridgehead atoms. The van der Waals surface area contributed by atoms with Gasteiger partial charge in [-0.15, -0.1) is 0 Å². The first kappa shape index (κ1) is 12.3. The summed E-state index contributed by atoms with van der Waals surface area (Å²) >= 11 is 0. The minimum Gasteiger partial charge on any atom is -0.373 e. The Labute approximate surface area is 96.5 Å². The second-order valence-corrected chi connectivity index (χ2v) is 3.69. The van der Waals surface area contributed by atoms with Gasteiger partial charge in [0.05, 0.1) is 0 Å². The molecule has 82 valence electrons. The Morgan fingerprint density at radius 1 is 1.31 bits per heavy atom. The van der Waals surface area contributed by atoms with Crippen LogP contribution in [0.4, 0.5) is 0 Å². The van der Waals surface area contributed by atoms with E-state index in [0.29, 0.717) is 6.42 Å². The number of nitrogens with zero attached hydrogens (tertiary/aromatic N) is 1. The highest BCUT2D eigenvalue weighted by Gasteiger charge is 2.25. The van der Waals surface area contributed by atoms with Gasteiger partial charge in [0.2, 0.25) is 0 Å². The van der Waals surface area contributed by atoms with E-state index in [1.807, 2.05) is 30.3 Å². The maximum Gasteiger partial charge on any atom is 0.152 e. The highest BCUT2D eigenvalue weighted by molar-refractivity contribution is 5.34. The van der Waals surface area contributed by atoms with Crippen LogP contribution in [0.15, 0.2) is 30.3 Å². The van der Waals surface area contributed by atoms with Crippen LogP contribution in [-0.4, -0.2) is 5.11 Å². The minimum absolute atomic E-state index is 0.558. The molecule has 0 saturated carbocycles. The summed E-state index contributed by atoms with van der Waals surface area (Å²) in [6.07, 6.45) is 2.43. The van der Waals surface area contributed by atoms with Crippen molar-refractivity contribution in [2.75, 3.05) is 0 Å². The Bertz CT molecular complexity index is 422. The van der Waals surface area contributed by atoms with Gasteiger partial charge in [-0.2, -0.15) is 5.26 Å². The predicted octanol–water partition coefficient (Wildman–Crippen LogP) is 2.59. The third kappa shape index (κ3) is 3.12. The van der Waals surface area contributed by atoms with Gasteiger partial charge in [-0.05, 0) is 24.3 Å². The molecule has 1 rings (SSSR count). The van der Waals surface area contributed by atoms with Gasteiger partial charge in [-0.1, -0.05) is 43.7 Å². The highest BCUT2D eigenvalue weighted by Crippen LogP contribution is 2.26. The summed E-state index contributed by atoms with van der Waals surface area (Å²) in [5.74, 6) is 4.94. The Morgan fingerprint density at radius 3 is 2.56 bits per heavy atom. The number of hydrogen-bond donors (Lipinski definition) is 1. The molecule has 0 aromatic heterocycles. The van der Waals surface area contributed by atoms with Crippen LogP contribution >= 0.6 is 0 Å². The van der Waals surface area contributed by atoms with Crippen molar-refractivity contribution in [2.45, 2.75) is 31.8 Å². The van der Waals surface area contributed by atoms with Gasteiger partial charge in [0.25, 0.3) is 0 Å². The number of rotatable bonds is 4. The average molecular weight is 213 g/mol. The van der Waals surface area contributed by atoms with Crippen molar-refractivity contribution < 1.29 is 5.11 Å². The molecule has 0 saturated heterocycles. The van der Waals surface area contributed by atoms with E-state index in [2.05, 4.69) is 18.8 Å². The van der Waals surface area contributed by atoms with Crippen LogP contribution in [-0.2, 0) is 5.60 Å². The summed E-state index contributed by atoms with van der Waals surface area (Å²) in [7, 11) is 0. The van der Waals surface area contributed by atoms with Crippen molar-refractivity contribution in [3.63, 3.8) is 0 Å². The SMILES string of the molecule is CCCCC(O)(C#CC#N)c1ccccc1. The summed E-state index contributed by atoms with van der Waals surface area (Å²) in [5.41, 5.74) is -0.432. The van der Waals surface area contributed by atoms with E-state index in [4.69, 9.17) is 5.26 Å². The number of nitriles is 1. The predicted molar refractivity (Wildman–Crippen MR) is 63.3 cm³/mol. The van der Waals surface area contributed by atoms with Gasteiger partial charge in [0.1, 0.15) is 0 Å². The monoisotopic (exact) mass is 213 g/mol. The number of aliphatic hydroxyl groups is 1. The van der Waals surface area contributed by atoms with Crippen LogP contribution < -0.4 is 0 Å². The average Bonchev–Trinajstić information content (AvgIpc) is 2.35. The Balaban J connectivity index is 3.00. The lowest BCUT2D eigenvalue weighted by molar-refractivity contribution is 0.0876. The highest BCUT2D eigenvalue weighted by atomic mass is 16.3. The van der Waals surface area contributed by atoms with Gasteiger partial charge in [-0.3, -0.25) is 0 Å². The van der Waals surface area contributed by atoms with Gasteiger partial charge in [0, 0.05) is 5.92 Å². The van der Waals surface area contributed by atoms with Crippen LogP contribution in [0.3, 0.4) is 0 Å². The molecule has 2 nitrogen and oxygen atoms in total. The lowest BCUT2D eigenvalue weighted by atomic mass is 9.89. The maximum absolute atomic E-state index is 10.4. The van der Waals surface area contributed by atoms with Gasteiger partial charge >= 0.3 is 0 Å². The van der Waals surface area contributed by atoms with Gasteiger partial charge < -0.3 is 5.11 Å². The number of unbranched alkanes of at least 4 members (excludes halogenated alkanes) is 1. The van der Waals surface area contributed by atoms with Crippen LogP contribution in [0.2, 0.25) is 0 Å². The summed E-state index contributed by atoms with van der Waals surface area (Å²) < 4.78 is 0. The largest absolute Gasteiger partial charge is 0.373 e. The topological polar surface area (TPSA) is 44.0 Å². The molecule has 1 N–H and O–H groups in total. The summed E-state index contributed by atoms with van der Waals surface area (Å²) in [6.45, 7) is 2.06. The van der Waals surface area contributed by atoms with E-state index in [1.165, 1.54) is 0 Å². The minimum atomic E-state index is -1.19. The molecule has 16 heavy (non-hydrogen) atoms. The zero-order valence-electron chi connectivity index (χ0n) is 9.40. The fraction of sp³-hybridized carbons (Fsp3) is 0.357. The van der Waals surface area contributed by atoms with Crippen LogP contribution in [0.25, 0.3) is 0 Å². The molecule has 0 fully saturated rings. The molecule has 0 aliphatic carbocycles. The van der Waals surface area contributed by atoms with Crippen molar-refractivity contribution in [1.82, 2.24) is 0 Å². The Kier molecular flexibility index (Phi) is 4.58. The van der Waals surface area contributed by atoms with Crippen molar-refractivity contribution >= 4 is 0 Å². The van der Waals surface area contributed by atoms with E-state index in [1.54, 1.807) is 6.07 Å². The normalized spacial score (nSPS) is 13.1. The zero-order valence-corrected chi connectivity index (χ0v) is 9.40. The quantitative estimate of drug-likeness (QED) is 0.781. The summed E-state index contributed by atoms with van der Waals surface area (Å²) in [4.78, 5) is 0. The lowest BCUT2D eigenvalue weighted by Gasteiger charge is -2.22. The summed E-state index contributed by atoms with van der Waals surface area (Å²) in [6, 6.07) is 11.0. The fourth-order valence-corrected chi connectivity index (χ4v) is 1.56. The van der Waals surface area contributed by atoms with E-state index in [9.17, 15) is 5.11 Å². The lowest BCUT2D eigenvalue weighted by Crippen LogP contribution is -2.23. The van der Waals surface area contributed by atoms with E-state index < -0.39 is 5.60 Å². The molecular formula is C14H15NO. The van der Waals surface area contributed by atoms with E-state index >= 15 is 0 Å². The molecule has 2 heteroatoms. The van der Waals surface area contributed by atoms with E-state index in [-0.39, 0.29) is 0 Å². The molecule has 1 aromatic carbocycles.